The molecule has 5 N–H and O–H groups in total. The second kappa shape index (κ2) is 15.5. The summed E-state index contributed by atoms with van der Waals surface area (Å²) in [5.41, 5.74) is 8.33. The minimum absolute atomic E-state index is 0.0581. The van der Waals surface area contributed by atoms with Gasteiger partial charge in [-0.3, -0.25) is 10.1 Å². The number of carbonyl (C=O) groups is 2. The minimum atomic E-state index is -0.885. The number of nitrogens with one attached hydrogen (secondary N) is 2. The highest BCUT2D eigenvalue weighted by Crippen LogP contribution is 2.33. The van der Waals surface area contributed by atoms with Crippen LogP contribution in [0.3, 0.4) is 0 Å². The predicted molar refractivity (Wildman–Crippen MR) is 152 cm³/mol. The Balaban J connectivity index is 1.73. The van der Waals surface area contributed by atoms with Crippen LogP contribution in [0.5, 0.6) is 5.75 Å². The van der Waals surface area contributed by atoms with Gasteiger partial charge in [-0.15, -0.1) is 0 Å². The SMILES string of the molecule is CO[C@H](CC/C=C/C(=O)Nc1ccccc1N)[C@H](OC(=O)Nc1ccc(C#N)cc1)c1ccccc1OCCO. The standard InChI is InChI=1S/C30H32N4O6/c1-38-27(12-6-7-13-28(36)34-25-10-4-3-9-24(25)32)29(23-8-2-5-11-26(23)39-19-18-35)40-30(37)33-22-16-14-21(20-31)15-17-22/h2-5,7-11,13-17,27,29,35H,6,12,18-19,32H2,1H3,(H,33,37)(H,34,36)/b13-7+/t27-,29-/m1/s1. The van der Waals surface area contributed by atoms with Gasteiger partial charge in [0.05, 0.1) is 35.7 Å². The van der Waals surface area contributed by atoms with E-state index >= 15 is 0 Å². The van der Waals surface area contributed by atoms with Gasteiger partial charge in [-0.25, -0.2) is 4.79 Å². The number of aliphatic hydroxyl groups is 1. The van der Waals surface area contributed by atoms with E-state index in [1.165, 1.54) is 13.2 Å². The largest absolute Gasteiger partial charge is 0.491 e. The first kappa shape index (κ1) is 29.7. The second-order valence-corrected chi connectivity index (χ2v) is 8.58. The van der Waals surface area contributed by atoms with Crippen molar-refractivity contribution in [3.8, 4) is 11.8 Å². The quantitative estimate of drug-likeness (QED) is 0.177. The lowest BCUT2D eigenvalue weighted by atomic mass is 9.99. The van der Waals surface area contributed by atoms with Gasteiger partial charge in [-0.05, 0) is 61.4 Å². The zero-order valence-corrected chi connectivity index (χ0v) is 22.1. The maximum Gasteiger partial charge on any atom is 0.412 e. The molecule has 0 unspecified atom stereocenters. The number of nitriles is 1. The summed E-state index contributed by atoms with van der Waals surface area (Å²) in [5.74, 6) is 0.106. The normalized spacial score (nSPS) is 12.2. The Bertz CT molecular complexity index is 1340. The third kappa shape index (κ3) is 8.87. The van der Waals surface area contributed by atoms with E-state index in [1.807, 2.05) is 6.07 Å². The number of rotatable bonds is 13. The van der Waals surface area contributed by atoms with E-state index in [2.05, 4.69) is 10.6 Å². The van der Waals surface area contributed by atoms with Crippen molar-refractivity contribution in [1.82, 2.24) is 0 Å². The number of hydrogen-bond acceptors (Lipinski definition) is 8. The van der Waals surface area contributed by atoms with Crippen molar-refractivity contribution in [2.45, 2.75) is 25.0 Å². The minimum Gasteiger partial charge on any atom is -0.491 e. The van der Waals surface area contributed by atoms with Crippen LogP contribution < -0.4 is 21.1 Å². The first-order chi connectivity index (χ1) is 19.4. The molecule has 0 bridgehead atoms. The zero-order valence-electron chi connectivity index (χ0n) is 22.1. The highest BCUT2D eigenvalue weighted by Gasteiger charge is 2.29. The van der Waals surface area contributed by atoms with E-state index in [0.29, 0.717) is 46.8 Å². The Morgan fingerprint density at radius 3 is 2.48 bits per heavy atom. The Labute approximate surface area is 233 Å². The summed E-state index contributed by atoms with van der Waals surface area (Å²) < 4.78 is 17.3. The summed E-state index contributed by atoms with van der Waals surface area (Å²) >= 11 is 0. The van der Waals surface area contributed by atoms with Crippen LogP contribution in [-0.4, -0.2) is 43.5 Å². The molecule has 10 heteroatoms. The van der Waals surface area contributed by atoms with Gasteiger partial charge in [0.1, 0.15) is 12.4 Å². The topological polar surface area (TPSA) is 156 Å². The molecule has 208 valence electrons. The monoisotopic (exact) mass is 544 g/mol. The number of benzene rings is 3. The summed E-state index contributed by atoms with van der Waals surface area (Å²) in [7, 11) is 1.51. The van der Waals surface area contributed by atoms with Crippen molar-refractivity contribution in [3.63, 3.8) is 0 Å². The van der Waals surface area contributed by atoms with E-state index < -0.39 is 18.3 Å². The summed E-state index contributed by atoms with van der Waals surface area (Å²) in [6.07, 6.45) is 1.72. The average Bonchev–Trinajstić information content (AvgIpc) is 2.97. The van der Waals surface area contributed by atoms with Crippen molar-refractivity contribution in [1.29, 1.82) is 5.26 Å². The Morgan fingerprint density at radius 2 is 1.77 bits per heavy atom. The van der Waals surface area contributed by atoms with Crippen molar-refractivity contribution < 1.29 is 28.9 Å². The van der Waals surface area contributed by atoms with Crippen molar-refractivity contribution in [2.75, 3.05) is 36.7 Å². The van der Waals surface area contributed by atoms with Gasteiger partial charge in [-0.1, -0.05) is 36.4 Å². The van der Waals surface area contributed by atoms with Crippen molar-refractivity contribution in [2.24, 2.45) is 0 Å². The van der Waals surface area contributed by atoms with Gasteiger partial charge in [0, 0.05) is 18.4 Å². The molecule has 3 aromatic rings. The molecule has 3 rings (SSSR count). The smallest absolute Gasteiger partial charge is 0.412 e. The average molecular weight is 545 g/mol. The summed E-state index contributed by atoms with van der Waals surface area (Å²) in [5, 5.41) is 23.6. The van der Waals surface area contributed by atoms with E-state index in [1.54, 1.807) is 78.9 Å². The first-order valence-corrected chi connectivity index (χ1v) is 12.6. The molecule has 0 aliphatic carbocycles. The van der Waals surface area contributed by atoms with E-state index in [0.717, 1.165) is 0 Å². The lowest BCUT2D eigenvalue weighted by molar-refractivity contribution is -0.111. The molecule has 3 aromatic carbocycles. The number of hydrogen-bond donors (Lipinski definition) is 4. The van der Waals surface area contributed by atoms with Crippen LogP contribution in [0.25, 0.3) is 0 Å². The van der Waals surface area contributed by atoms with E-state index in [4.69, 9.17) is 25.2 Å². The Morgan fingerprint density at radius 1 is 1.05 bits per heavy atom. The van der Waals surface area contributed by atoms with Crippen LogP contribution in [0, 0.1) is 11.3 Å². The molecular weight excluding hydrogens is 512 g/mol. The first-order valence-electron chi connectivity index (χ1n) is 12.6. The summed E-state index contributed by atoms with van der Waals surface area (Å²) in [6, 6.07) is 22.4. The molecule has 0 aromatic heterocycles. The molecule has 0 saturated heterocycles. The lowest BCUT2D eigenvalue weighted by Gasteiger charge is -2.27. The second-order valence-electron chi connectivity index (χ2n) is 8.58. The fourth-order valence-corrected chi connectivity index (χ4v) is 3.86. The number of allylic oxidation sites excluding steroid dienone is 1. The number of carbonyl (C=O) groups excluding carboxylic acids is 2. The Kier molecular flexibility index (Phi) is 11.5. The molecule has 0 saturated carbocycles. The Hall–Kier alpha value is -4.85. The van der Waals surface area contributed by atoms with Gasteiger partial charge < -0.3 is 30.4 Å². The number of methoxy groups -OCH3 is 1. The number of nitrogens with two attached hydrogens (primary N) is 1. The van der Waals surface area contributed by atoms with Crippen LogP contribution in [-0.2, 0) is 14.3 Å². The molecule has 0 heterocycles. The van der Waals surface area contributed by atoms with Crippen LogP contribution in [0.4, 0.5) is 21.9 Å². The maximum atomic E-state index is 12.9. The molecule has 0 spiro atoms. The van der Waals surface area contributed by atoms with Crippen LogP contribution in [0.2, 0.25) is 0 Å². The van der Waals surface area contributed by atoms with Gasteiger partial charge in [0.2, 0.25) is 5.91 Å². The summed E-state index contributed by atoms with van der Waals surface area (Å²) in [4.78, 5) is 25.2. The zero-order chi connectivity index (χ0) is 28.7. The number of aliphatic hydroxyl groups excluding tert-OH is 1. The van der Waals surface area contributed by atoms with Gasteiger partial charge >= 0.3 is 6.09 Å². The summed E-state index contributed by atoms with van der Waals surface area (Å²) in [6.45, 7) is -0.128. The number of anilines is 3. The number of amides is 2. The lowest BCUT2D eigenvalue weighted by Crippen LogP contribution is -2.28. The molecule has 10 nitrogen and oxygen atoms in total. The van der Waals surface area contributed by atoms with Crippen molar-refractivity contribution in [3.05, 3.63) is 96.1 Å². The predicted octanol–water partition coefficient (Wildman–Crippen LogP) is 4.79. The highest BCUT2D eigenvalue weighted by atomic mass is 16.6. The number of nitrogen functional groups attached to an aromatic ring is 1. The van der Waals surface area contributed by atoms with Gasteiger partial charge in [0.15, 0.2) is 6.10 Å². The van der Waals surface area contributed by atoms with E-state index in [9.17, 15) is 14.7 Å². The fourth-order valence-electron chi connectivity index (χ4n) is 3.86. The molecule has 2 amide bonds. The number of ether oxygens (including phenoxy) is 3. The molecule has 40 heavy (non-hydrogen) atoms. The van der Waals surface area contributed by atoms with E-state index in [-0.39, 0.29) is 19.1 Å². The molecule has 0 aliphatic rings. The molecule has 2 atom stereocenters. The number of para-hydroxylation sites is 3. The molecule has 0 aliphatic heterocycles. The van der Waals surface area contributed by atoms with Crippen LogP contribution >= 0.6 is 0 Å². The molecular formula is C30H32N4O6. The molecule has 0 fully saturated rings. The highest BCUT2D eigenvalue weighted by molar-refractivity contribution is 6.01. The maximum absolute atomic E-state index is 12.9. The van der Waals surface area contributed by atoms with Gasteiger partial charge in [0.25, 0.3) is 0 Å². The fraction of sp³-hybridized carbons (Fsp3) is 0.233. The third-order valence-electron chi connectivity index (χ3n) is 5.81. The van der Waals surface area contributed by atoms with Crippen LogP contribution in [0.15, 0.2) is 84.9 Å². The van der Waals surface area contributed by atoms with Crippen molar-refractivity contribution >= 4 is 29.1 Å². The third-order valence-corrected chi connectivity index (χ3v) is 5.81. The number of nitrogens with zero attached hydrogens (tertiary/aromatic N) is 1. The van der Waals surface area contributed by atoms with Gasteiger partial charge in [-0.2, -0.15) is 5.26 Å². The molecule has 0 radical (unpaired) electrons. The van der Waals surface area contributed by atoms with Crippen LogP contribution in [0.1, 0.15) is 30.1 Å².